The number of aromatic nitrogens is 2. The van der Waals surface area contributed by atoms with Crippen LogP contribution < -0.4 is 20.1 Å². The largest absolute Gasteiger partial charge is 0.493 e. The Bertz CT molecular complexity index is 979. The molecule has 2 N–H and O–H groups in total. The predicted octanol–water partition coefficient (Wildman–Crippen LogP) is 4.60. The van der Waals surface area contributed by atoms with E-state index in [1.54, 1.807) is 26.3 Å². The Balaban J connectivity index is 0.00000320. The van der Waals surface area contributed by atoms with Crippen LogP contribution in [0, 0.1) is 0 Å². The fraction of sp³-hybridized carbons (Fsp3) is 0.250. The number of hydrogen-bond acceptors (Lipinski definition) is 6. The minimum atomic E-state index is 0. The highest BCUT2D eigenvalue weighted by molar-refractivity contribution is 14.0. The maximum Gasteiger partial charge on any atom is 0.246 e. The van der Waals surface area contributed by atoms with Crippen LogP contribution >= 0.6 is 35.6 Å². The molecule has 0 atom stereocenters. The smallest absolute Gasteiger partial charge is 0.246 e. The van der Waals surface area contributed by atoms with Gasteiger partial charge in [-0.15, -0.1) is 24.0 Å². The minimum Gasteiger partial charge on any atom is -0.493 e. The van der Waals surface area contributed by atoms with Crippen molar-refractivity contribution in [3.63, 3.8) is 0 Å². The van der Waals surface area contributed by atoms with Crippen molar-refractivity contribution in [1.82, 2.24) is 15.5 Å². The Hall–Kier alpha value is -2.53. The second kappa shape index (κ2) is 11.6. The number of ether oxygens (including phenoxy) is 2. The first kappa shape index (κ1) is 23.7. The van der Waals surface area contributed by atoms with Crippen molar-refractivity contribution in [3.8, 4) is 22.9 Å². The number of halogens is 2. The van der Waals surface area contributed by atoms with Gasteiger partial charge < -0.3 is 24.6 Å². The van der Waals surface area contributed by atoms with Crippen molar-refractivity contribution in [2.45, 2.75) is 13.5 Å². The Morgan fingerprint density at radius 1 is 1.17 bits per heavy atom. The molecule has 0 radical (unpaired) electrons. The molecule has 0 saturated carbocycles. The summed E-state index contributed by atoms with van der Waals surface area (Å²) in [5.74, 6) is 2.79. The standard InChI is InChI=1S/C20H22ClN5O3.HI/c1-4-28-16-10-9-15(11-17(16)27-3)24-20(22-2)23-12-18-25-19(26-29-18)13-5-7-14(21)8-6-13;/h5-11H,4,12H2,1-3H3,(H2,22,23,24);1H. The Kier molecular flexibility index (Phi) is 9.18. The van der Waals surface area contributed by atoms with Gasteiger partial charge in [0.25, 0.3) is 0 Å². The molecule has 2 aromatic carbocycles. The summed E-state index contributed by atoms with van der Waals surface area (Å²) < 4.78 is 16.2. The van der Waals surface area contributed by atoms with Gasteiger partial charge in [-0.3, -0.25) is 4.99 Å². The monoisotopic (exact) mass is 543 g/mol. The predicted molar refractivity (Wildman–Crippen MR) is 128 cm³/mol. The van der Waals surface area contributed by atoms with E-state index in [4.69, 9.17) is 25.6 Å². The molecule has 0 fully saturated rings. The molecule has 0 saturated heterocycles. The number of nitrogens with zero attached hydrogens (tertiary/aromatic N) is 3. The molecule has 0 aliphatic heterocycles. The molecule has 0 aliphatic carbocycles. The van der Waals surface area contributed by atoms with E-state index in [9.17, 15) is 0 Å². The first-order chi connectivity index (χ1) is 14.1. The Labute approximate surface area is 197 Å². The van der Waals surface area contributed by atoms with E-state index in [1.165, 1.54) is 0 Å². The van der Waals surface area contributed by atoms with Crippen molar-refractivity contribution >= 4 is 47.2 Å². The third-order valence-corrected chi connectivity index (χ3v) is 4.18. The number of nitrogens with one attached hydrogen (secondary N) is 2. The number of anilines is 1. The average molecular weight is 544 g/mol. The van der Waals surface area contributed by atoms with Crippen LogP contribution in [0.2, 0.25) is 5.02 Å². The Morgan fingerprint density at radius 3 is 2.60 bits per heavy atom. The molecular formula is C20H23ClIN5O3. The summed E-state index contributed by atoms with van der Waals surface area (Å²) in [6, 6.07) is 12.8. The van der Waals surface area contributed by atoms with Crippen molar-refractivity contribution in [2.75, 3.05) is 26.1 Å². The van der Waals surface area contributed by atoms with E-state index < -0.39 is 0 Å². The lowest BCUT2D eigenvalue weighted by atomic mass is 10.2. The van der Waals surface area contributed by atoms with Crippen molar-refractivity contribution < 1.29 is 14.0 Å². The van der Waals surface area contributed by atoms with Crippen LogP contribution in [0.4, 0.5) is 5.69 Å². The third kappa shape index (κ3) is 6.23. The van der Waals surface area contributed by atoms with Gasteiger partial charge in [0.1, 0.15) is 0 Å². The fourth-order valence-corrected chi connectivity index (χ4v) is 2.66. The van der Waals surface area contributed by atoms with Gasteiger partial charge in [0.15, 0.2) is 17.5 Å². The van der Waals surface area contributed by atoms with Crippen molar-refractivity contribution in [1.29, 1.82) is 0 Å². The van der Waals surface area contributed by atoms with E-state index in [0.717, 1.165) is 11.3 Å². The van der Waals surface area contributed by atoms with E-state index in [0.29, 0.717) is 47.3 Å². The number of rotatable bonds is 7. The van der Waals surface area contributed by atoms with Crippen LogP contribution in [0.5, 0.6) is 11.5 Å². The fourth-order valence-electron chi connectivity index (χ4n) is 2.54. The highest BCUT2D eigenvalue weighted by Crippen LogP contribution is 2.30. The van der Waals surface area contributed by atoms with E-state index in [2.05, 4.69) is 25.8 Å². The number of aliphatic imine (C=N–C) groups is 1. The molecule has 160 valence electrons. The summed E-state index contributed by atoms with van der Waals surface area (Å²) >= 11 is 5.91. The van der Waals surface area contributed by atoms with Crippen LogP contribution in [0.25, 0.3) is 11.4 Å². The van der Waals surface area contributed by atoms with Crippen LogP contribution in [0.3, 0.4) is 0 Å². The molecule has 1 aromatic heterocycles. The zero-order valence-electron chi connectivity index (χ0n) is 16.8. The lowest BCUT2D eigenvalue weighted by Crippen LogP contribution is -2.30. The van der Waals surface area contributed by atoms with Gasteiger partial charge in [-0.05, 0) is 43.3 Å². The van der Waals surface area contributed by atoms with Gasteiger partial charge in [-0.1, -0.05) is 16.8 Å². The third-order valence-electron chi connectivity index (χ3n) is 3.93. The van der Waals surface area contributed by atoms with Gasteiger partial charge in [0.2, 0.25) is 11.7 Å². The summed E-state index contributed by atoms with van der Waals surface area (Å²) in [5.41, 5.74) is 1.62. The quantitative estimate of drug-likeness (QED) is 0.255. The minimum absolute atomic E-state index is 0. The lowest BCUT2D eigenvalue weighted by molar-refractivity contribution is 0.311. The zero-order chi connectivity index (χ0) is 20.6. The molecule has 0 aliphatic rings. The van der Waals surface area contributed by atoms with Gasteiger partial charge in [0.05, 0.1) is 20.3 Å². The lowest BCUT2D eigenvalue weighted by Gasteiger charge is -2.13. The molecule has 3 rings (SSSR count). The highest BCUT2D eigenvalue weighted by atomic mass is 127. The molecule has 1 heterocycles. The maximum absolute atomic E-state index is 5.91. The molecule has 30 heavy (non-hydrogen) atoms. The van der Waals surface area contributed by atoms with Gasteiger partial charge in [-0.2, -0.15) is 4.98 Å². The van der Waals surface area contributed by atoms with Crippen LogP contribution in [0.1, 0.15) is 12.8 Å². The van der Waals surface area contributed by atoms with Crippen LogP contribution in [-0.4, -0.2) is 36.9 Å². The van der Waals surface area contributed by atoms with Crippen LogP contribution in [0.15, 0.2) is 52.0 Å². The second-order valence-electron chi connectivity index (χ2n) is 5.87. The van der Waals surface area contributed by atoms with Gasteiger partial charge >= 0.3 is 0 Å². The molecule has 0 spiro atoms. The SMILES string of the molecule is CCOc1ccc(NC(=NC)NCc2nc(-c3ccc(Cl)cc3)no2)cc1OC.I. The Morgan fingerprint density at radius 2 is 1.93 bits per heavy atom. The molecule has 0 bridgehead atoms. The van der Waals surface area contributed by atoms with E-state index in [-0.39, 0.29) is 24.0 Å². The van der Waals surface area contributed by atoms with Crippen molar-refractivity contribution in [2.24, 2.45) is 4.99 Å². The first-order valence-electron chi connectivity index (χ1n) is 9.00. The topological polar surface area (TPSA) is 93.8 Å². The molecule has 0 unspecified atom stereocenters. The highest BCUT2D eigenvalue weighted by Gasteiger charge is 2.10. The zero-order valence-corrected chi connectivity index (χ0v) is 19.9. The molecular weight excluding hydrogens is 521 g/mol. The number of hydrogen-bond donors (Lipinski definition) is 2. The van der Waals surface area contributed by atoms with Gasteiger partial charge in [-0.25, -0.2) is 0 Å². The molecule has 8 nitrogen and oxygen atoms in total. The molecule has 0 amide bonds. The van der Waals surface area contributed by atoms with E-state index >= 15 is 0 Å². The van der Waals surface area contributed by atoms with Crippen molar-refractivity contribution in [3.05, 3.63) is 53.4 Å². The second-order valence-corrected chi connectivity index (χ2v) is 6.30. The number of guanidine groups is 1. The summed E-state index contributed by atoms with van der Waals surface area (Å²) in [7, 11) is 3.27. The summed E-state index contributed by atoms with van der Waals surface area (Å²) in [4.78, 5) is 8.59. The van der Waals surface area contributed by atoms with E-state index in [1.807, 2.05) is 37.3 Å². The normalized spacial score (nSPS) is 10.9. The number of methoxy groups -OCH3 is 1. The van der Waals surface area contributed by atoms with Gasteiger partial charge in [0, 0.05) is 29.4 Å². The van der Waals surface area contributed by atoms with Crippen LogP contribution in [-0.2, 0) is 6.54 Å². The first-order valence-corrected chi connectivity index (χ1v) is 9.37. The number of benzene rings is 2. The average Bonchev–Trinajstić information content (AvgIpc) is 3.21. The summed E-state index contributed by atoms with van der Waals surface area (Å²) in [5, 5.41) is 11.0. The maximum atomic E-state index is 5.91. The molecule has 10 heteroatoms. The summed E-state index contributed by atoms with van der Waals surface area (Å²) in [6.07, 6.45) is 0. The molecule has 3 aromatic rings. The summed E-state index contributed by atoms with van der Waals surface area (Å²) in [6.45, 7) is 2.80.